The molecule has 6 heteroatoms. The Balaban J connectivity index is 1.54. The molecule has 0 radical (unpaired) electrons. The SMILES string of the molecule is O=C(NC1CCN(C(=O)c2cccnc2Br)CC1)C1CC1. The molecular formula is C15H18BrN3O2. The normalized spacial score (nSPS) is 19.4. The Morgan fingerprint density at radius 3 is 2.57 bits per heavy atom. The minimum Gasteiger partial charge on any atom is -0.353 e. The average molecular weight is 352 g/mol. The van der Waals surface area contributed by atoms with E-state index in [1.165, 1.54) is 0 Å². The fourth-order valence-corrected chi connectivity index (χ4v) is 3.03. The first-order valence-corrected chi connectivity index (χ1v) is 8.14. The number of likely N-dealkylation sites (tertiary alicyclic amines) is 1. The van der Waals surface area contributed by atoms with Crippen molar-refractivity contribution in [3.63, 3.8) is 0 Å². The van der Waals surface area contributed by atoms with Gasteiger partial charge in [-0.15, -0.1) is 0 Å². The predicted molar refractivity (Wildman–Crippen MR) is 81.7 cm³/mol. The zero-order chi connectivity index (χ0) is 14.8. The zero-order valence-corrected chi connectivity index (χ0v) is 13.3. The maximum Gasteiger partial charge on any atom is 0.256 e. The van der Waals surface area contributed by atoms with Gasteiger partial charge in [0, 0.05) is 31.2 Å². The van der Waals surface area contributed by atoms with E-state index in [0.29, 0.717) is 23.3 Å². The van der Waals surface area contributed by atoms with Crippen LogP contribution in [0.3, 0.4) is 0 Å². The van der Waals surface area contributed by atoms with Crippen LogP contribution < -0.4 is 5.32 Å². The van der Waals surface area contributed by atoms with Gasteiger partial charge in [-0.1, -0.05) is 0 Å². The molecule has 2 amide bonds. The molecule has 0 atom stereocenters. The van der Waals surface area contributed by atoms with Gasteiger partial charge in [0.1, 0.15) is 4.60 Å². The molecule has 5 nitrogen and oxygen atoms in total. The molecule has 1 saturated heterocycles. The Hall–Kier alpha value is -1.43. The lowest BCUT2D eigenvalue weighted by molar-refractivity contribution is -0.123. The molecule has 21 heavy (non-hydrogen) atoms. The Morgan fingerprint density at radius 1 is 1.24 bits per heavy atom. The van der Waals surface area contributed by atoms with Crippen molar-refractivity contribution in [3.8, 4) is 0 Å². The van der Waals surface area contributed by atoms with E-state index in [2.05, 4.69) is 26.2 Å². The highest BCUT2D eigenvalue weighted by Gasteiger charge is 2.32. The van der Waals surface area contributed by atoms with Crippen LogP contribution in [0.5, 0.6) is 0 Å². The highest BCUT2D eigenvalue weighted by atomic mass is 79.9. The van der Waals surface area contributed by atoms with Crippen LogP contribution in [0.2, 0.25) is 0 Å². The number of hydrogen-bond donors (Lipinski definition) is 1. The first-order chi connectivity index (χ1) is 10.1. The molecule has 0 spiro atoms. The number of piperidine rings is 1. The number of nitrogens with zero attached hydrogens (tertiary/aromatic N) is 2. The Morgan fingerprint density at radius 2 is 1.95 bits per heavy atom. The molecular weight excluding hydrogens is 334 g/mol. The van der Waals surface area contributed by atoms with E-state index in [1.54, 1.807) is 18.3 Å². The third-order valence-electron chi connectivity index (χ3n) is 4.07. The quantitative estimate of drug-likeness (QED) is 0.847. The van der Waals surface area contributed by atoms with E-state index in [4.69, 9.17) is 0 Å². The van der Waals surface area contributed by atoms with Crippen LogP contribution in [-0.4, -0.2) is 40.8 Å². The third-order valence-corrected chi connectivity index (χ3v) is 4.70. The van der Waals surface area contributed by atoms with Crippen molar-refractivity contribution in [1.29, 1.82) is 0 Å². The average Bonchev–Trinajstić information content (AvgIpc) is 3.32. The molecule has 3 rings (SSSR count). The number of pyridine rings is 1. The first-order valence-electron chi connectivity index (χ1n) is 7.35. The molecule has 0 aromatic carbocycles. The number of halogens is 1. The third kappa shape index (κ3) is 3.43. The molecule has 2 heterocycles. The van der Waals surface area contributed by atoms with Gasteiger partial charge in [0.25, 0.3) is 5.91 Å². The van der Waals surface area contributed by atoms with E-state index in [1.807, 2.05) is 4.90 Å². The summed E-state index contributed by atoms with van der Waals surface area (Å²) in [6, 6.07) is 3.75. The minimum absolute atomic E-state index is 0.00180. The Labute approximate surface area is 132 Å². The number of aromatic nitrogens is 1. The van der Waals surface area contributed by atoms with Crippen molar-refractivity contribution >= 4 is 27.7 Å². The molecule has 1 aromatic heterocycles. The standard InChI is InChI=1S/C15H18BrN3O2/c16-13-12(2-1-7-17-13)15(21)19-8-5-11(6-9-19)18-14(20)10-3-4-10/h1-2,7,10-11H,3-6,8-9H2,(H,18,20). The summed E-state index contributed by atoms with van der Waals surface area (Å²) in [6.07, 6.45) is 5.35. The number of nitrogens with one attached hydrogen (secondary N) is 1. The van der Waals surface area contributed by atoms with E-state index >= 15 is 0 Å². The number of carbonyl (C=O) groups is 2. The first kappa shape index (κ1) is 14.5. The molecule has 2 aliphatic rings. The monoisotopic (exact) mass is 351 g/mol. The van der Waals surface area contributed by atoms with Crippen molar-refractivity contribution < 1.29 is 9.59 Å². The van der Waals surface area contributed by atoms with Crippen LogP contribution >= 0.6 is 15.9 Å². The van der Waals surface area contributed by atoms with E-state index in [-0.39, 0.29) is 23.8 Å². The number of carbonyl (C=O) groups excluding carboxylic acids is 2. The topological polar surface area (TPSA) is 62.3 Å². The van der Waals surface area contributed by atoms with Crippen molar-refractivity contribution in [2.45, 2.75) is 31.7 Å². The van der Waals surface area contributed by atoms with Crippen LogP contribution in [0.25, 0.3) is 0 Å². The van der Waals surface area contributed by atoms with Gasteiger partial charge in [-0.2, -0.15) is 0 Å². The number of rotatable bonds is 3. The van der Waals surface area contributed by atoms with Gasteiger partial charge in [0.05, 0.1) is 5.56 Å². The van der Waals surface area contributed by atoms with E-state index in [9.17, 15) is 9.59 Å². The van der Waals surface area contributed by atoms with Crippen LogP contribution in [-0.2, 0) is 4.79 Å². The highest BCUT2D eigenvalue weighted by molar-refractivity contribution is 9.10. The van der Waals surface area contributed by atoms with Gasteiger partial charge >= 0.3 is 0 Å². The minimum atomic E-state index is 0.00180. The predicted octanol–water partition coefficient (Wildman–Crippen LogP) is 1.97. The summed E-state index contributed by atoms with van der Waals surface area (Å²) < 4.78 is 0.583. The summed E-state index contributed by atoms with van der Waals surface area (Å²) >= 11 is 3.32. The van der Waals surface area contributed by atoms with Gasteiger partial charge < -0.3 is 10.2 Å². The molecule has 1 aromatic rings. The lowest BCUT2D eigenvalue weighted by Crippen LogP contribution is -2.47. The number of amides is 2. The van der Waals surface area contributed by atoms with Crippen LogP contribution in [0, 0.1) is 5.92 Å². The van der Waals surface area contributed by atoms with E-state index < -0.39 is 0 Å². The summed E-state index contributed by atoms with van der Waals surface area (Å²) in [5.74, 6) is 0.438. The highest BCUT2D eigenvalue weighted by Crippen LogP contribution is 2.29. The lowest BCUT2D eigenvalue weighted by Gasteiger charge is -2.32. The molecule has 1 aliphatic heterocycles. The van der Waals surface area contributed by atoms with Crippen LogP contribution in [0.4, 0.5) is 0 Å². The van der Waals surface area contributed by atoms with Crippen molar-refractivity contribution in [3.05, 3.63) is 28.5 Å². The smallest absolute Gasteiger partial charge is 0.256 e. The van der Waals surface area contributed by atoms with Crippen molar-refractivity contribution in [2.24, 2.45) is 5.92 Å². The summed E-state index contributed by atoms with van der Waals surface area (Å²) in [5.41, 5.74) is 0.595. The summed E-state index contributed by atoms with van der Waals surface area (Å²) in [5, 5.41) is 3.09. The lowest BCUT2D eigenvalue weighted by atomic mass is 10.0. The molecule has 1 N–H and O–H groups in total. The fraction of sp³-hybridized carbons (Fsp3) is 0.533. The molecule has 1 aliphatic carbocycles. The summed E-state index contributed by atoms with van der Waals surface area (Å²) in [6.45, 7) is 1.35. The zero-order valence-electron chi connectivity index (χ0n) is 11.7. The van der Waals surface area contributed by atoms with Crippen molar-refractivity contribution in [1.82, 2.24) is 15.2 Å². The maximum absolute atomic E-state index is 12.4. The van der Waals surface area contributed by atoms with Crippen LogP contribution in [0.1, 0.15) is 36.0 Å². The fourth-order valence-electron chi connectivity index (χ4n) is 2.61. The Kier molecular flexibility index (Phi) is 4.24. The summed E-state index contributed by atoms with van der Waals surface area (Å²) in [7, 11) is 0. The van der Waals surface area contributed by atoms with Crippen molar-refractivity contribution in [2.75, 3.05) is 13.1 Å². The van der Waals surface area contributed by atoms with E-state index in [0.717, 1.165) is 25.7 Å². The number of hydrogen-bond acceptors (Lipinski definition) is 3. The largest absolute Gasteiger partial charge is 0.353 e. The van der Waals surface area contributed by atoms with Gasteiger partial charge in [-0.3, -0.25) is 9.59 Å². The van der Waals surface area contributed by atoms with Gasteiger partial charge in [0.2, 0.25) is 5.91 Å². The molecule has 0 bridgehead atoms. The maximum atomic E-state index is 12.4. The molecule has 2 fully saturated rings. The molecule has 112 valence electrons. The molecule has 1 saturated carbocycles. The van der Waals surface area contributed by atoms with Gasteiger partial charge in [-0.25, -0.2) is 4.98 Å². The molecule has 0 unspecified atom stereocenters. The second-order valence-corrected chi connectivity index (χ2v) is 6.44. The van der Waals surface area contributed by atoms with Gasteiger partial charge in [0.15, 0.2) is 0 Å². The second kappa shape index (κ2) is 6.13. The second-order valence-electron chi connectivity index (χ2n) is 5.69. The van der Waals surface area contributed by atoms with Gasteiger partial charge in [-0.05, 0) is 53.7 Å². The Bertz CT molecular complexity index is 552. The van der Waals surface area contributed by atoms with Crippen LogP contribution in [0.15, 0.2) is 22.9 Å². The summed E-state index contributed by atoms with van der Waals surface area (Å²) in [4.78, 5) is 30.1.